The maximum Gasteiger partial charge on any atom is 0.244 e. The standard InChI is InChI=1S/C20H17Cl2NO2S/c21-17-12-7-13-18(22)20(17)26(24,25)23-19(16-10-5-2-6-11-16)14-15-8-3-1-4-9-15/h1-13,19,23H,14H2/t19-/m0/s1. The van der Waals surface area contributed by atoms with Gasteiger partial charge in [-0.05, 0) is 29.7 Å². The summed E-state index contributed by atoms with van der Waals surface area (Å²) in [5, 5.41) is 0.188. The molecule has 3 rings (SSSR count). The van der Waals surface area contributed by atoms with Crippen LogP contribution >= 0.6 is 23.2 Å². The Balaban J connectivity index is 1.97. The fourth-order valence-electron chi connectivity index (χ4n) is 2.75. The maximum atomic E-state index is 13.0. The van der Waals surface area contributed by atoms with Gasteiger partial charge in [-0.2, -0.15) is 0 Å². The van der Waals surface area contributed by atoms with Crippen LogP contribution in [0.4, 0.5) is 0 Å². The van der Waals surface area contributed by atoms with Gasteiger partial charge in [-0.3, -0.25) is 0 Å². The molecule has 3 aromatic carbocycles. The summed E-state index contributed by atoms with van der Waals surface area (Å²) in [5.41, 5.74) is 1.89. The topological polar surface area (TPSA) is 46.2 Å². The van der Waals surface area contributed by atoms with Gasteiger partial charge >= 0.3 is 0 Å². The number of nitrogens with one attached hydrogen (secondary N) is 1. The minimum atomic E-state index is -3.90. The van der Waals surface area contributed by atoms with Crippen LogP contribution in [0.25, 0.3) is 0 Å². The van der Waals surface area contributed by atoms with E-state index in [1.54, 1.807) is 6.07 Å². The van der Waals surface area contributed by atoms with Gasteiger partial charge in [0.15, 0.2) is 0 Å². The van der Waals surface area contributed by atoms with E-state index in [-0.39, 0.29) is 14.9 Å². The molecule has 3 nitrogen and oxygen atoms in total. The summed E-state index contributed by atoms with van der Waals surface area (Å²) >= 11 is 12.2. The Hall–Kier alpha value is -1.85. The molecule has 0 aliphatic rings. The van der Waals surface area contributed by atoms with Crippen molar-refractivity contribution in [3.63, 3.8) is 0 Å². The number of rotatable bonds is 6. The first-order valence-electron chi connectivity index (χ1n) is 8.02. The van der Waals surface area contributed by atoms with Gasteiger partial charge < -0.3 is 0 Å². The maximum absolute atomic E-state index is 13.0. The van der Waals surface area contributed by atoms with Gasteiger partial charge in [0.2, 0.25) is 10.0 Å². The molecule has 1 atom stereocenters. The zero-order valence-electron chi connectivity index (χ0n) is 13.8. The zero-order valence-corrected chi connectivity index (χ0v) is 16.1. The predicted octanol–water partition coefficient (Wildman–Crippen LogP) is 5.26. The van der Waals surface area contributed by atoms with Crippen LogP contribution in [-0.2, 0) is 16.4 Å². The second kappa shape index (κ2) is 8.23. The highest BCUT2D eigenvalue weighted by molar-refractivity contribution is 7.89. The highest BCUT2D eigenvalue weighted by Crippen LogP contribution is 2.30. The summed E-state index contributed by atoms with van der Waals surface area (Å²) in [4.78, 5) is -0.0997. The molecule has 0 spiro atoms. The molecule has 0 bridgehead atoms. The van der Waals surface area contributed by atoms with Gasteiger partial charge in [-0.25, -0.2) is 13.1 Å². The molecule has 0 saturated heterocycles. The van der Waals surface area contributed by atoms with Crippen LogP contribution in [0.3, 0.4) is 0 Å². The lowest BCUT2D eigenvalue weighted by atomic mass is 10.00. The second-order valence-electron chi connectivity index (χ2n) is 5.83. The van der Waals surface area contributed by atoms with Crippen molar-refractivity contribution in [2.45, 2.75) is 17.4 Å². The zero-order chi connectivity index (χ0) is 18.6. The molecule has 1 N–H and O–H groups in total. The van der Waals surface area contributed by atoms with Crippen molar-refractivity contribution in [1.29, 1.82) is 0 Å². The number of halogens is 2. The Morgan fingerprint density at radius 2 is 1.31 bits per heavy atom. The number of hydrogen-bond acceptors (Lipinski definition) is 2. The molecule has 134 valence electrons. The monoisotopic (exact) mass is 405 g/mol. The molecule has 3 aromatic rings. The first kappa shape index (κ1) is 18.9. The Morgan fingerprint density at radius 1 is 0.769 bits per heavy atom. The lowest BCUT2D eigenvalue weighted by molar-refractivity contribution is 0.555. The van der Waals surface area contributed by atoms with Gasteiger partial charge in [-0.15, -0.1) is 0 Å². The Bertz CT molecular complexity index is 957. The Morgan fingerprint density at radius 3 is 1.88 bits per heavy atom. The Labute approximate surface area is 163 Å². The third-order valence-electron chi connectivity index (χ3n) is 3.97. The quantitative estimate of drug-likeness (QED) is 0.607. The number of sulfonamides is 1. The number of hydrogen-bond donors (Lipinski definition) is 1. The molecule has 0 fully saturated rings. The fourth-order valence-corrected chi connectivity index (χ4v) is 5.12. The number of benzene rings is 3. The van der Waals surface area contributed by atoms with E-state index in [1.165, 1.54) is 12.1 Å². The van der Waals surface area contributed by atoms with Crippen LogP contribution in [0, 0.1) is 0 Å². The van der Waals surface area contributed by atoms with E-state index in [1.807, 2.05) is 60.7 Å². The first-order valence-corrected chi connectivity index (χ1v) is 10.3. The second-order valence-corrected chi connectivity index (χ2v) is 8.29. The first-order chi connectivity index (χ1) is 12.5. The lowest BCUT2D eigenvalue weighted by Crippen LogP contribution is -2.30. The van der Waals surface area contributed by atoms with Gasteiger partial charge in [0.25, 0.3) is 0 Å². The van der Waals surface area contributed by atoms with Gasteiger partial charge in [-0.1, -0.05) is 89.9 Å². The van der Waals surface area contributed by atoms with Crippen molar-refractivity contribution in [3.8, 4) is 0 Å². The van der Waals surface area contributed by atoms with Gasteiger partial charge in [0, 0.05) is 0 Å². The Kier molecular flexibility index (Phi) is 5.99. The van der Waals surface area contributed by atoms with Crippen molar-refractivity contribution < 1.29 is 8.42 Å². The van der Waals surface area contributed by atoms with Crippen molar-refractivity contribution in [2.24, 2.45) is 0 Å². The molecule has 0 aromatic heterocycles. The lowest BCUT2D eigenvalue weighted by Gasteiger charge is -2.20. The smallest absolute Gasteiger partial charge is 0.207 e. The molecule has 0 heterocycles. The van der Waals surface area contributed by atoms with E-state index in [2.05, 4.69) is 4.72 Å². The van der Waals surface area contributed by atoms with E-state index in [9.17, 15) is 8.42 Å². The van der Waals surface area contributed by atoms with Gasteiger partial charge in [0.05, 0.1) is 16.1 Å². The summed E-state index contributed by atoms with van der Waals surface area (Å²) in [6.07, 6.45) is 0.506. The SMILES string of the molecule is O=S(=O)(N[C@@H](Cc1ccccc1)c1ccccc1)c1c(Cl)cccc1Cl. The molecule has 0 aliphatic carbocycles. The summed E-state index contributed by atoms with van der Waals surface area (Å²) in [6, 6.07) is 23.3. The predicted molar refractivity (Wildman–Crippen MR) is 106 cm³/mol. The molecule has 6 heteroatoms. The molecular formula is C20H17Cl2NO2S. The third-order valence-corrected chi connectivity index (χ3v) is 6.40. The fraction of sp³-hybridized carbons (Fsp3) is 0.100. The van der Waals surface area contributed by atoms with E-state index in [0.29, 0.717) is 6.42 Å². The van der Waals surface area contributed by atoms with Crippen molar-refractivity contribution in [3.05, 3.63) is 100 Å². The van der Waals surface area contributed by atoms with E-state index in [4.69, 9.17) is 23.2 Å². The van der Waals surface area contributed by atoms with E-state index in [0.717, 1.165) is 11.1 Å². The normalized spacial score (nSPS) is 12.7. The van der Waals surface area contributed by atoms with Gasteiger partial charge in [0.1, 0.15) is 4.90 Å². The third kappa shape index (κ3) is 4.46. The summed E-state index contributed by atoms with van der Waals surface area (Å²) in [7, 11) is -3.90. The molecular weight excluding hydrogens is 389 g/mol. The average molecular weight is 406 g/mol. The molecule has 26 heavy (non-hydrogen) atoms. The molecule has 0 aliphatic heterocycles. The van der Waals surface area contributed by atoms with Crippen LogP contribution in [-0.4, -0.2) is 8.42 Å². The van der Waals surface area contributed by atoms with Crippen LogP contribution in [0.15, 0.2) is 83.8 Å². The summed E-state index contributed by atoms with van der Waals surface area (Å²) < 4.78 is 28.7. The van der Waals surface area contributed by atoms with Crippen LogP contribution < -0.4 is 4.72 Å². The highest BCUT2D eigenvalue weighted by Gasteiger charge is 2.26. The van der Waals surface area contributed by atoms with Crippen LogP contribution in [0.1, 0.15) is 17.2 Å². The van der Waals surface area contributed by atoms with Crippen LogP contribution in [0.5, 0.6) is 0 Å². The van der Waals surface area contributed by atoms with Crippen LogP contribution in [0.2, 0.25) is 10.0 Å². The summed E-state index contributed by atoms with van der Waals surface area (Å²) in [5.74, 6) is 0. The molecule has 0 saturated carbocycles. The van der Waals surface area contributed by atoms with Crippen molar-refractivity contribution >= 4 is 33.2 Å². The van der Waals surface area contributed by atoms with E-state index < -0.39 is 16.1 Å². The largest absolute Gasteiger partial charge is 0.244 e. The minimum absolute atomic E-state index is 0.0940. The van der Waals surface area contributed by atoms with Crippen molar-refractivity contribution in [1.82, 2.24) is 4.72 Å². The minimum Gasteiger partial charge on any atom is -0.207 e. The molecule has 0 radical (unpaired) electrons. The molecule has 0 amide bonds. The highest BCUT2D eigenvalue weighted by atomic mass is 35.5. The van der Waals surface area contributed by atoms with Crippen molar-refractivity contribution in [2.75, 3.05) is 0 Å². The summed E-state index contributed by atoms with van der Waals surface area (Å²) in [6.45, 7) is 0. The van der Waals surface area contributed by atoms with E-state index >= 15 is 0 Å². The average Bonchev–Trinajstić information content (AvgIpc) is 2.62. The molecule has 0 unspecified atom stereocenters.